The molecule has 10 heavy (non-hydrogen) atoms. The van der Waals surface area contributed by atoms with Crippen molar-refractivity contribution in [3.05, 3.63) is 10.1 Å². The fourth-order valence-corrected chi connectivity index (χ4v) is 0.356. The van der Waals surface area contributed by atoms with E-state index in [4.69, 9.17) is 10.5 Å². The van der Waals surface area contributed by atoms with Crippen LogP contribution < -0.4 is 5.73 Å². The average Bonchev–Trinajstić information content (AvgIpc) is 1.87. The van der Waals surface area contributed by atoms with Crippen molar-refractivity contribution in [1.82, 2.24) is 0 Å². The third kappa shape index (κ3) is 7.12. The molecule has 0 aromatic heterocycles. The molecule has 0 saturated carbocycles. The van der Waals surface area contributed by atoms with E-state index in [1.165, 1.54) is 0 Å². The normalized spacial score (nSPS) is 9.30. The van der Waals surface area contributed by atoms with Crippen molar-refractivity contribution in [3.8, 4) is 0 Å². The molecule has 0 amide bonds. The van der Waals surface area contributed by atoms with Crippen molar-refractivity contribution < 1.29 is 14.7 Å². The van der Waals surface area contributed by atoms with Crippen LogP contribution >= 0.6 is 0 Å². The predicted octanol–water partition coefficient (Wildman–Crippen LogP) is -0.830. The number of nitrogens with two attached hydrogens (primary N) is 1. The van der Waals surface area contributed by atoms with Crippen molar-refractivity contribution in [2.24, 2.45) is 5.73 Å². The second-order valence-corrected chi connectivity index (χ2v) is 1.46. The number of hydrogen-bond donors (Lipinski definition) is 1. The van der Waals surface area contributed by atoms with E-state index in [1.807, 2.05) is 0 Å². The smallest absolute Gasteiger partial charge is 0.294 e. The molecule has 0 aliphatic heterocycles. The van der Waals surface area contributed by atoms with E-state index >= 15 is 0 Å². The molecule has 0 radical (unpaired) electrons. The summed E-state index contributed by atoms with van der Waals surface area (Å²) in [5, 5.41) is 8.68. The fourth-order valence-electron chi connectivity index (χ4n) is 0.356. The highest BCUT2D eigenvalue weighted by Crippen LogP contribution is 1.76. The summed E-state index contributed by atoms with van der Waals surface area (Å²) in [7, 11) is 0. The second-order valence-electron chi connectivity index (χ2n) is 1.46. The van der Waals surface area contributed by atoms with Crippen molar-refractivity contribution in [1.29, 1.82) is 0 Å². The van der Waals surface area contributed by atoms with Gasteiger partial charge in [0.1, 0.15) is 6.61 Å². The number of rotatable bonds is 6. The standard InChI is InChI=1S/C4H10N2O4/c5-1-2-9-3-4-10-6(7)8/h1-5H2. The Morgan fingerprint density at radius 3 is 2.60 bits per heavy atom. The summed E-state index contributed by atoms with van der Waals surface area (Å²) in [6, 6.07) is 0. The lowest BCUT2D eigenvalue weighted by atomic mass is 10.7. The topological polar surface area (TPSA) is 87.6 Å². The Hall–Kier alpha value is -0.880. The van der Waals surface area contributed by atoms with Gasteiger partial charge in [-0.2, -0.15) is 0 Å². The van der Waals surface area contributed by atoms with Gasteiger partial charge >= 0.3 is 0 Å². The number of nitrogens with zero attached hydrogens (tertiary/aromatic N) is 1. The zero-order valence-corrected chi connectivity index (χ0v) is 5.49. The quantitative estimate of drug-likeness (QED) is 0.303. The molecule has 0 saturated heterocycles. The van der Waals surface area contributed by atoms with Gasteiger partial charge in [-0.1, -0.05) is 0 Å². The lowest BCUT2D eigenvalue weighted by Crippen LogP contribution is -2.13. The summed E-state index contributed by atoms with van der Waals surface area (Å²) in [6.45, 7) is 0.991. The van der Waals surface area contributed by atoms with Crippen LogP contribution in [0.3, 0.4) is 0 Å². The Kier molecular flexibility index (Phi) is 5.69. The Morgan fingerprint density at radius 2 is 2.10 bits per heavy atom. The summed E-state index contributed by atoms with van der Waals surface area (Å²) in [5.41, 5.74) is 5.07. The lowest BCUT2D eigenvalue weighted by molar-refractivity contribution is -0.758. The highest BCUT2D eigenvalue weighted by Gasteiger charge is 1.92. The molecule has 0 rings (SSSR count). The molecular weight excluding hydrogens is 140 g/mol. The minimum atomic E-state index is -0.855. The van der Waals surface area contributed by atoms with E-state index in [2.05, 4.69) is 4.84 Å². The van der Waals surface area contributed by atoms with Crippen LogP contribution in [0.1, 0.15) is 0 Å². The van der Waals surface area contributed by atoms with Gasteiger partial charge in [-0.15, -0.1) is 10.1 Å². The molecule has 0 atom stereocenters. The van der Waals surface area contributed by atoms with Gasteiger partial charge in [0, 0.05) is 6.54 Å². The van der Waals surface area contributed by atoms with Crippen molar-refractivity contribution in [2.45, 2.75) is 0 Å². The molecule has 0 bridgehead atoms. The third-order valence-corrected chi connectivity index (χ3v) is 0.687. The minimum Gasteiger partial charge on any atom is -0.378 e. The van der Waals surface area contributed by atoms with Gasteiger partial charge in [0.2, 0.25) is 0 Å². The Morgan fingerprint density at radius 1 is 1.40 bits per heavy atom. The van der Waals surface area contributed by atoms with Crippen LogP contribution in [0.15, 0.2) is 0 Å². The molecule has 0 aromatic carbocycles. The molecule has 0 heterocycles. The Balaban J connectivity index is 2.84. The first kappa shape index (κ1) is 9.12. The minimum absolute atomic E-state index is 0.0347. The maximum Gasteiger partial charge on any atom is 0.294 e. The molecule has 0 aliphatic rings. The summed E-state index contributed by atoms with van der Waals surface area (Å²) >= 11 is 0. The molecule has 2 N–H and O–H groups in total. The maximum atomic E-state index is 9.54. The zero-order chi connectivity index (χ0) is 7.82. The molecule has 0 fully saturated rings. The molecule has 0 aliphatic carbocycles. The van der Waals surface area contributed by atoms with E-state index in [-0.39, 0.29) is 13.2 Å². The van der Waals surface area contributed by atoms with Gasteiger partial charge in [-0.3, -0.25) is 0 Å². The maximum absolute atomic E-state index is 9.54. The van der Waals surface area contributed by atoms with Crippen LogP contribution in [-0.4, -0.2) is 31.5 Å². The number of ether oxygens (including phenoxy) is 1. The predicted molar refractivity (Wildman–Crippen MR) is 32.8 cm³/mol. The van der Waals surface area contributed by atoms with E-state index < -0.39 is 5.09 Å². The third-order valence-electron chi connectivity index (χ3n) is 0.687. The van der Waals surface area contributed by atoms with Crippen LogP contribution in [0, 0.1) is 10.1 Å². The van der Waals surface area contributed by atoms with Crippen LogP contribution in [0.5, 0.6) is 0 Å². The molecule has 60 valence electrons. The van der Waals surface area contributed by atoms with Crippen LogP contribution in [0.2, 0.25) is 0 Å². The van der Waals surface area contributed by atoms with E-state index in [1.54, 1.807) is 0 Å². The molecule has 6 nitrogen and oxygen atoms in total. The van der Waals surface area contributed by atoms with Crippen molar-refractivity contribution >= 4 is 0 Å². The first-order valence-electron chi connectivity index (χ1n) is 2.82. The van der Waals surface area contributed by atoms with Gasteiger partial charge < -0.3 is 15.3 Å². The average molecular weight is 150 g/mol. The van der Waals surface area contributed by atoms with Crippen molar-refractivity contribution in [3.63, 3.8) is 0 Å². The Bertz CT molecular complexity index is 97.3. The molecule has 0 aromatic rings. The molecular formula is C4H10N2O4. The van der Waals surface area contributed by atoms with E-state index in [0.29, 0.717) is 13.2 Å². The lowest BCUT2D eigenvalue weighted by Gasteiger charge is -1.99. The summed E-state index contributed by atoms with van der Waals surface area (Å²) < 4.78 is 4.78. The number of hydrogen-bond acceptors (Lipinski definition) is 5. The van der Waals surface area contributed by atoms with E-state index in [0.717, 1.165) is 0 Å². The molecule has 0 unspecified atom stereocenters. The van der Waals surface area contributed by atoms with Gasteiger partial charge in [0.05, 0.1) is 13.2 Å². The van der Waals surface area contributed by atoms with Gasteiger partial charge in [0.25, 0.3) is 5.09 Å². The summed E-state index contributed by atoms with van der Waals surface area (Å²) in [6.07, 6.45) is 0. The second kappa shape index (κ2) is 6.24. The highest BCUT2D eigenvalue weighted by molar-refractivity contribution is 4.29. The zero-order valence-electron chi connectivity index (χ0n) is 5.49. The fraction of sp³-hybridized carbons (Fsp3) is 1.00. The van der Waals surface area contributed by atoms with Crippen LogP contribution in [0.25, 0.3) is 0 Å². The highest BCUT2D eigenvalue weighted by atomic mass is 17.0. The first-order chi connectivity index (χ1) is 4.77. The monoisotopic (exact) mass is 150 g/mol. The SMILES string of the molecule is NCCOCCO[N+](=O)[O-]. The van der Waals surface area contributed by atoms with Gasteiger partial charge in [-0.25, -0.2) is 0 Å². The van der Waals surface area contributed by atoms with E-state index in [9.17, 15) is 10.1 Å². The Labute approximate surface area is 58.0 Å². The van der Waals surface area contributed by atoms with Gasteiger partial charge in [-0.05, 0) is 0 Å². The molecule has 0 spiro atoms. The van der Waals surface area contributed by atoms with Crippen molar-refractivity contribution in [2.75, 3.05) is 26.4 Å². The van der Waals surface area contributed by atoms with Crippen LogP contribution in [0.4, 0.5) is 0 Å². The van der Waals surface area contributed by atoms with Crippen LogP contribution in [-0.2, 0) is 9.57 Å². The largest absolute Gasteiger partial charge is 0.378 e. The first-order valence-corrected chi connectivity index (χ1v) is 2.82. The summed E-state index contributed by atoms with van der Waals surface area (Å²) in [5.74, 6) is 0. The van der Waals surface area contributed by atoms with Gasteiger partial charge in [0.15, 0.2) is 0 Å². The summed E-state index contributed by atoms with van der Waals surface area (Å²) in [4.78, 5) is 13.5. The molecule has 6 heteroatoms.